The number of aromatic nitrogens is 1. The van der Waals surface area contributed by atoms with Crippen molar-refractivity contribution in [2.24, 2.45) is 11.8 Å². The number of likely N-dealkylation sites (tertiary alicyclic amines) is 1. The first-order chi connectivity index (χ1) is 10.3. The minimum Gasteiger partial charge on any atom is -0.370 e. The highest BCUT2D eigenvalue weighted by Gasteiger charge is 2.25. The summed E-state index contributed by atoms with van der Waals surface area (Å²) in [5, 5.41) is 6.41. The van der Waals surface area contributed by atoms with Crippen LogP contribution in [-0.4, -0.2) is 48.5 Å². The molecule has 1 amide bonds. The topological polar surface area (TPSA) is 57.3 Å². The summed E-state index contributed by atoms with van der Waals surface area (Å²) in [6.07, 6.45) is 5.51. The Morgan fingerprint density at radius 2 is 2.14 bits per heavy atom. The van der Waals surface area contributed by atoms with Crippen LogP contribution in [0.4, 0.5) is 5.82 Å². The van der Waals surface area contributed by atoms with Crippen LogP contribution in [-0.2, 0) is 4.79 Å². The fourth-order valence-electron chi connectivity index (χ4n) is 2.78. The zero-order chi connectivity index (χ0) is 14.5. The summed E-state index contributed by atoms with van der Waals surface area (Å²) in [5.41, 5.74) is 0. The lowest BCUT2D eigenvalue weighted by Crippen LogP contribution is -2.37. The molecule has 2 aliphatic rings. The predicted molar refractivity (Wildman–Crippen MR) is 83.0 cm³/mol. The van der Waals surface area contributed by atoms with Gasteiger partial charge in [0.15, 0.2) is 0 Å². The number of hydrogen-bond donors (Lipinski definition) is 2. The third kappa shape index (κ3) is 4.70. The summed E-state index contributed by atoms with van der Waals surface area (Å²) in [5.74, 6) is 2.46. The highest BCUT2D eigenvalue weighted by molar-refractivity contribution is 5.78. The summed E-state index contributed by atoms with van der Waals surface area (Å²) in [6.45, 7) is 4.36. The van der Waals surface area contributed by atoms with Crippen molar-refractivity contribution in [2.45, 2.75) is 19.3 Å². The number of nitrogens with zero attached hydrogens (tertiary/aromatic N) is 2. The molecule has 1 saturated heterocycles. The van der Waals surface area contributed by atoms with Crippen molar-refractivity contribution < 1.29 is 4.79 Å². The summed E-state index contributed by atoms with van der Waals surface area (Å²) >= 11 is 0. The van der Waals surface area contributed by atoms with E-state index in [0.717, 1.165) is 44.3 Å². The van der Waals surface area contributed by atoms with Crippen LogP contribution < -0.4 is 10.6 Å². The molecule has 114 valence electrons. The van der Waals surface area contributed by atoms with Gasteiger partial charge in [0.05, 0.1) is 6.54 Å². The Hall–Kier alpha value is -1.62. The largest absolute Gasteiger partial charge is 0.370 e. The number of carbonyl (C=O) groups is 1. The van der Waals surface area contributed by atoms with E-state index in [1.54, 1.807) is 6.20 Å². The van der Waals surface area contributed by atoms with Gasteiger partial charge in [0, 0.05) is 25.8 Å². The highest BCUT2D eigenvalue weighted by atomic mass is 16.2. The normalized spacial score (nSPS) is 22.2. The Labute approximate surface area is 126 Å². The first-order valence-electron chi connectivity index (χ1n) is 7.93. The van der Waals surface area contributed by atoms with E-state index in [-0.39, 0.29) is 5.91 Å². The van der Waals surface area contributed by atoms with Crippen molar-refractivity contribution in [1.82, 2.24) is 15.2 Å². The second-order valence-corrected chi connectivity index (χ2v) is 6.23. The molecule has 1 saturated carbocycles. The molecule has 5 nitrogen and oxygen atoms in total. The second kappa shape index (κ2) is 6.89. The van der Waals surface area contributed by atoms with Gasteiger partial charge >= 0.3 is 0 Å². The van der Waals surface area contributed by atoms with E-state index in [2.05, 4.69) is 20.5 Å². The van der Waals surface area contributed by atoms with Crippen molar-refractivity contribution in [3.05, 3.63) is 24.4 Å². The van der Waals surface area contributed by atoms with Crippen LogP contribution >= 0.6 is 0 Å². The number of anilines is 1. The van der Waals surface area contributed by atoms with Crippen LogP contribution in [0.1, 0.15) is 19.3 Å². The Bertz CT molecular complexity index is 461. The van der Waals surface area contributed by atoms with Crippen LogP contribution in [0.3, 0.4) is 0 Å². The maximum absolute atomic E-state index is 11.8. The second-order valence-electron chi connectivity index (χ2n) is 6.23. The van der Waals surface area contributed by atoms with Gasteiger partial charge in [0.1, 0.15) is 5.82 Å². The maximum Gasteiger partial charge on any atom is 0.234 e. The van der Waals surface area contributed by atoms with Gasteiger partial charge < -0.3 is 10.6 Å². The van der Waals surface area contributed by atoms with Crippen molar-refractivity contribution in [1.29, 1.82) is 0 Å². The molecule has 21 heavy (non-hydrogen) atoms. The van der Waals surface area contributed by atoms with Gasteiger partial charge in [0.25, 0.3) is 0 Å². The van der Waals surface area contributed by atoms with Gasteiger partial charge in [-0.15, -0.1) is 0 Å². The molecule has 0 radical (unpaired) electrons. The number of rotatable bonds is 7. The number of nitrogens with one attached hydrogen (secondary N) is 2. The first kappa shape index (κ1) is 14.3. The van der Waals surface area contributed by atoms with E-state index >= 15 is 0 Å². The summed E-state index contributed by atoms with van der Waals surface area (Å²) < 4.78 is 0. The minimum absolute atomic E-state index is 0.181. The average molecular weight is 288 g/mol. The monoisotopic (exact) mass is 288 g/mol. The van der Waals surface area contributed by atoms with Gasteiger partial charge in [-0.3, -0.25) is 9.69 Å². The van der Waals surface area contributed by atoms with Crippen molar-refractivity contribution in [3.8, 4) is 0 Å². The highest BCUT2D eigenvalue weighted by Crippen LogP contribution is 2.27. The SMILES string of the molecule is O=C(CN1CCC(CNc2ccccn2)C1)NCC1CC1. The molecule has 2 N–H and O–H groups in total. The van der Waals surface area contributed by atoms with Gasteiger partial charge in [-0.1, -0.05) is 6.07 Å². The molecule has 1 aromatic heterocycles. The van der Waals surface area contributed by atoms with E-state index in [9.17, 15) is 4.79 Å². The molecule has 1 atom stereocenters. The number of hydrogen-bond acceptors (Lipinski definition) is 4. The summed E-state index contributed by atoms with van der Waals surface area (Å²) in [6, 6.07) is 5.89. The molecule has 2 fully saturated rings. The van der Waals surface area contributed by atoms with E-state index in [4.69, 9.17) is 0 Å². The number of carbonyl (C=O) groups excluding carboxylic acids is 1. The number of amides is 1. The smallest absolute Gasteiger partial charge is 0.234 e. The quantitative estimate of drug-likeness (QED) is 0.795. The van der Waals surface area contributed by atoms with Gasteiger partial charge in [-0.05, 0) is 49.8 Å². The average Bonchev–Trinajstić information content (AvgIpc) is 3.24. The van der Waals surface area contributed by atoms with Crippen molar-refractivity contribution in [2.75, 3.05) is 38.0 Å². The molecule has 1 aromatic rings. The molecular weight excluding hydrogens is 264 g/mol. The molecule has 3 rings (SSSR count). The van der Waals surface area contributed by atoms with Gasteiger partial charge in [-0.2, -0.15) is 0 Å². The van der Waals surface area contributed by atoms with Crippen LogP contribution in [0.15, 0.2) is 24.4 Å². The summed E-state index contributed by atoms with van der Waals surface area (Å²) in [7, 11) is 0. The Morgan fingerprint density at radius 1 is 1.24 bits per heavy atom. The van der Waals surface area contributed by atoms with Gasteiger partial charge in [0.2, 0.25) is 5.91 Å². The van der Waals surface area contributed by atoms with E-state index < -0.39 is 0 Å². The lowest BCUT2D eigenvalue weighted by atomic mass is 10.1. The van der Waals surface area contributed by atoms with Crippen molar-refractivity contribution in [3.63, 3.8) is 0 Å². The number of pyridine rings is 1. The first-order valence-corrected chi connectivity index (χ1v) is 7.93. The molecule has 5 heteroatoms. The fourth-order valence-corrected chi connectivity index (χ4v) is 2.78. The van der Waals surface area contributed by atoms with E-state index in [0.29, 0.717) is 12.5 Å². The third-order valence-corrected chi connectivity index (χ3v) is 4.26. The Morgan fingerprint density at radius 3 is 2.90 bits per heavy atom. The zero-order valence-electron chi connectivity index (χ0n) is 12.4. The molecule has 0 spiro atoms. The Kier molecular flexibility index (Phi) is 4.70. The van der Waals surface area contributed by atoms with Crippen LogP contribution in [0.5, 0.6) is 0 Å². The summed E-state index contributed by atoms with van der Waals surface area (Å²) in [4.78, 5) is 18.4. The van der Waals surface area contributed by atoms with Gasteiger partial charge in [-0.25, -0.2) is 4.98 Å². The lowest BCUT2D eigenvalue weighted by molar-refractivity contribution is -0.122. The standard InChI is InChI=1S/C16H24N4O/c21-16(19-9-13-4-5-13)12-20-8-6-14(11-20)10-18-15-3-1-2-7-17-15/h1-3,7,13-14H,4-6,8-12H2,(H,17,18)(H,19,21). The lowest BCUT2D eigenvalue weighted by Gasteiger charge is -2.16. The molecule has 1 unspecified atom stereocenters. The molecule has 1 aliphatic carbocycles. The molecule has 2 heterocycles. The van der Waals surface area contributed by atoms with Crippen LogP contribution in [0.2, 0.25) is 0 Å². The van der Waals surface area contributed by atoms with Crippen LogP contribution in [0.25, 0.3) is 0 Å². The third-order valence-electron chi connectivity index (χ3n) is 4.26. The van der Waals surface area contributed by atoms with E-state index in [1.165, 1.54) is 12.8 Å². The molecule has 1 aliphatic heterocycles. The Balaban J connectivity index is 1.33. The van der Waals surface area contributed by atoms with Crippen LogP contribution in [0, 0.1) is 11.8 Å². The predicted octanol–water partition coefficient (Wildman–Crippen LogP) is 1.34. The maximum atomic E-state index is 11.8. The van der Waals surface area contributed by atoms with Crippen molar-refractivity contribution >= 4 is 11.7 Å². The molecule has 0 aromatic carbocycles. The molecular formula is C16H24N4O. The van der Waals surface area contributed by atoms with E-state index in [1.807, 2.05) is 18.2 Å². The molecule has 0 bridgehead atoms. The zero-order valence-corrected chi connectivity index (χ0v) is 12.4. The minimum atomic E-state index is 0.181. The fraction of sp³-hybridized carbons (Fsp3) is 0.625.